The van der Waals surface area contributed by atoms with Gasteiger partial charge in [0.15, 0.2) is 0 Å². The smallest absolute Gasteiger partial charge is 0.0450 e. The minimum absolute atomic E-state index is 0.198. The van der Waals surface area contributed by atoms with E-state index in [4.69, 9.17) is 11.6 Å². The Morgan fingerprint density at radius 2 is 1.94 bits per heavy atom. The van der Waals surface area contributed by atoms with Crippen molar-refractivity contribution in [2.24, 2.45) is 5.41 Å². The van der Waals surface area contributed by atoms with E-state index in [1.54, 1.807) is 12.3 Å². The molecule has 1 rings (SSSR count). The lowest BCUT2D eigenvalue weighted by atomic mass is 9.88. The average Bonchev–Trinajstić information content (AvgIpc) is 2.04. The molecule has 1 nitrogen and oxygen atoms in total. The average molecular weight is 259 g/mol. The molecule has 1 unspecified atom stereocenters. The van der Waals surface area contributed by atoms with Crippen molar-refractivity contribution in [2.45, 2.75) is 32.1 Å². The highest BCUT2D eigenvalue weighted by Crippen LogP contribution is 2.27. The van der Waals surface area contributed by atoms with Crippen LogP contribution in [0.3, 0.4) is 0 Å². The standard InChI is InChI=1S/C13H19ClOS/c1-13(2,3)9-10-6-7-11(8-12(10)14)16(4,5)15/h6-8H,4,9H2,1-3,5H3. The number of halogens is 1. The normalized spacial score (nSPS) is 15.8. The Hall–Kier alpha value is -0.470. The second-order valence-electron chi connectivity index (χ2n) is 5.50. The summed E-state index contributed by atoms with van der Waals surface area (Å²) < 4.78 is 11.8. The zero-order valence-electron chi connectivity index (χ0n) is 10.3. The lowest BCUT2D eigenvalue weighted by Gasteiger charge is -2.19. The summed E-state index contributed by atoms with van der Waals surface area (Å²) in [4.78, 5) is 0.718. The van der Waals surface area contributed by atoms with Crippen LogP contribution in [0.5, 0.6) is 0 Å². The fourth-order valence-corrected chi connectivity index (χ4v) is 2.55. The maximum Gasteiger partial charge on any atom is 0.0450 e. The van der Waals surface area contributed by atoms with Gasteiger partial charge in [-0.05, 0) is 44.9 Å². The molecule has 0 aromatic heterocycles. The van der Waals surface area contributed by atoms with E-state index < -0.39 is 9.52 Å². The molecular weight excluding hydrogens is 240 g/mol. The van der Waals surface area contributed by atoms with Gasteiger partial charge in [-0.1, -0.05) is 38.4 Å². The van der Waals surface area contributed by atoms with Crippen LogP contribution in [0.1, 0.15) is 26.3 Å². The Morgan fingerprint density at radius 1 is 1.38 bits per heavy atom. The first-order valence-corrected chi connectivity index (χ1v) is 7.72. The van der Waals surface area contributed by atoms with Crippen molar-refractivity contribution in [3.05, 3.63) is 28.8 Å². The molecule has 0 spiro atoms. The van der Waals surface area contributed by atoms with Gasteiger partial charge in [-0.2, -0.15) is 0 Å². The summed E-state index contributed by atoms with van der Waals surface area (Å²) >= 11 is 6.19. The van der Waals surface area contributed by atoms with Gasteiger partial charge in [0.1, 0.15) is 0 Å². The summed E-state index contributed by atoms with van der Waals surface area (Å²) in [7, 11) is -2.17. The molecule has 0 heterocycles. The molecule has 0 aliphatic heterocycles. The van der Waals surface area contributed by atoms with Crippen molar-refractivity contribution >= 4 is 27.0 Å². The fraction of sp³-hybridized carbons (Fsp3) is 0.462. The molecule has 1 aromatic carbocycles. The van der Waals surface area contributed by atoms with Crippen molar-refractivity contribution in [1.29, 1.82) is 0 Å². The van der Waals surface area contributed by atoms with Gasteiger partial charge in [0, 0.05) is 16.2 Å². The van der Waals surface area contributed by atoms with E-state index in [1.165, 1.54) is 0 Å². The van der Waals surface area contributed by atoms with Crippen molar-refractivity contribution in [3.8, 4) is 0 Å². The zero-order chi connectivity index (χ0) is 12.6. The van der Waals surface area contributed by atoms with Crippen LogP contribution in [-0.4, -0.2) is 16.3 Å². The van der Waals surface area contributed by atoms with Crippen LogP contribution in [0.4, 0.5) is 0 Å². The van der Waals surface area contributed by atoms with E-state index in [0.29, 0.717) is 5.02 Å². The fourth-order valence-electron chi connectivity index (χ4n) is 1.51. The van der Waals surface area contributed by atoms with Gasteiger partial charge < -0.3 is 0 Å². The van der Waals surface area contributed by atoms with Crippen molar-refractivity contribution in [1.82, 2.24) is 0 Å². The Bertz CT molecular complexity index is 481. The van der Waals surface area contributed by atoms with E-state index in [-0.39, 0.29) is 5.41 Å². The molecule has 0 aliphatic rings. The molecule has 0 fully saturated rings. The molecule has 0 aliphatic carbocycles. The highest BCUT2D eigenvalue weighted by Gasteiger charge is 2.14. The van der Waals surface area contributed by atoms with E-state index >= 15 is 0 Å². The first-order chi connectivity index (χ1) is 7.09. The highest BCUT2D eigenvalue weighted by atomic mass is 35.5. The van der Waals surface area contributed by atoms with Crippen LogP contribution < -0.4 is 0 Å². The second kappa shape index (κ2) is 4.42. The molecule has 0 N–H and O–H groups in total. The van der Waals surface area contributed by atoms with Gasteiger partial charge in [0.2, 0.25) is 0 Å². The van der Waals surface area contributed by atoms with E-state index in [9.17, 15) is 4.21 Å². The first kappa shape index (κ1) is 13.6. The van der Waals surface area contributed by atoms with E-state index in [0.717, 1.165) is 16.9 Å². The van der Waals surface area contributed by atoms with Gasteiger partial charge in [-0.25, -0.2) is 0 Å². The summed E-state index contributed by atoms with van der Waals surface area (Å²) in [6.07, 6.45) is 2.54. The maximum absolute atomic E-state index is 11.8. The lowest BCUT2D eigenvalue weighted by Crippen LogP contribution is -2.09. The molecule has 0 saturated carbocycles. The molecule has 90 valence electrons. The van der Waals surface area contributed by atoms with Gasteiger partial charge in [0.25, 0.3) is 0 Å². The van der Waals surface area contributed by atoms with E-state index in [2.05, 4.69) is 26.6 Å². The summed E-state index contributed by atoms with van der Waals surface area (Å²) in [5, 5.41) is 0.686. The summed E-state index contributed by atoms with van der Waals surface area (Å²) in [5.74, 6) is 3.66. The monoisotopic (exact) mass is 258 g/mol. The number of rotatable bonds is 2. The van der Waals surface area contributed by atoms with Crippen LogP contribution in [0.25, 0.3) is 0 Å². The van der Waals surface area contributed by atoms with Gasteiger partial charge in [0.05, 0.1) is 0 Å². The summed E-state index contributed by atoms with van der Waals surface area (Å²) in [6.45, 7) is 6.50. The molecule has 1 atom stereocenters. The van der Waals surface area contributed by atoms with E-state index in [1.807, 2.05) is 12.1 Å². The lowest BCUT2D eigenvalue weighted by molar-refractivity contribution is 0.411. The summed E-state index contributed by atoms with van der Waals surface area (Å²) in [5.41, 5.74) is 1.30. The molecule has 0 amide bonds. The second-order valence-corrected chi connectivity index (χ2v) is 8.38. The number of hydrogen-bond acceptors (Lipinski definition) is 1. The highest BCUT2D eigenvalue weighted by molar-refractivity contribution is 7.99. The molecular formula is C13H19ClOS. The third-order valence-electron chi connectivity index (χ3n) is 2.24. The van der Waals surface area contributed by atoms with Crippen molar-refractivity contribution < 1.29 is 4.21 Å². The van der Waals surface area contributed by atoms with Crippen LogP contribution in [0.2, 0.25) is 5.02 Å². The first-order valence-electron chi connectivity index (χ1n) is 5.20. The van der Waals surface area contributed by atoms with Crippen LogP contribution in [0, 0.1) is 5.41 Å². The largest absolute Gasteiger partial charge is 0.263 e. The molecule has 0 bridgehead atoms. The summed E-state index contributed by atoms with van der Waals surface area (Å²) in [6, 6.07) is 5.59. The predicted octanol–water partition coefficient (Wildman–Crippen LogP) is 3.63. The maximum atomic E-state index is 11.8. The van der Waals surface area contributed by atoms with Gasteiger partial charge in [-0.3, -0.25) is 4.21 Å². The number of benzene rings is 1. The predicted molar refractivity (Wildman–Crippen MR) is 74.1 cm³/mol. The molecule has 16 heavy (non-hydrogen) atoms. The van der Waals surface area contributed by atoms with Gasteiger partial charge >= 0.3 is 0 Å². The number of hydrogen-bond donors (Lipinski definition) is 0. The van der Waals surface area contributed by atoms with Crippen LogP contribution in [0.15, 0.2) is 23.1 Å². The minimum atomic E-state index is -2.17. The third kappa shape index (κ3) is 3.84. The molecule has 0 saturated heterocycles. The Kier molecular flexibility index (Phi) is 3.76. The Labute approximate surface area is 104 Å². The van der Waals surface area contributed by atoms with Gasteiger partial charge in [-0.15, -0.1) is 0 Å². The molecule has 3 heteroatoms. The molecule has 1 aromatic rings. The minimum Gasteiger partial charge on any atom is -0.263 e. The quantitative estimate of drug-likeness (QED) is 0.741. The van der Waals surface area contributed by atoms with Crippen LogP contribution in [-0.2, 0) is 15.9 Å². The SMILES string of the molecule is C=S(C)(=O)c1ccc(CC(C)(C)C)c(Cl)c1. The zero-order valence-corrected chi connectivity index (χ0v) is 11.9. The van der Waals surface area contributed by atoms with Crippen LogP contribution >= 0.6 is 11.6 Å². The van der Waals surface area contributed by atoms with Crippen molar-refractivity contribution in [2.75, 3.05) is 6.26 Å². The Morgan fingerprint density at radius 3 is 2.31 bits per heavy atom. The van der Waals surface area contributed by atoms with Crippen molar-refractivity contribution in [3.63, 3.8) is 0 Å². The topological polar surface area (TPSA) is 17.1 Å². The Balaban J connectivity index is 3.11. The third-order valence-corrected chi connectivity index (χ3v) is 3.85. The molecule has 0 radical (unpaired) electrons.